The van der Waals surface area contributed by atoms with Gasteiger partial charge in [0.05, 0.1) is 0 Å². The van der Waals surface area contributed by atoms with Gasteiger partial charge in [-0.1, -0.05) is 28.1 Å². The molecule has 0 aliphatic heterocycles. The number of phenolic OH excluding ortho intramolecular Hbond substituents is 1. The van der Waals surface area contributed by atoms with Crippen molar-refractivity contribution >= 4 is 27.5 Å². The minimum absolute atomic E-state index is 0.256. The molecule has 18 heavy (non-hydrogen) atoms. The van der Waals surface area contributed by atoms with Crippen LogP contribution in [0.15, 0.2) is 46.9 Å². The predicted octanol–water partition coefficient (Wildman–Crippen LogP) is 4.47. The number of hydrogen-bond donors (Lipinski definition) is 1. The second-order valence-electron chi connectivity index (χ2n) is 3.84. The largest absolute Gasteiger partial charge is 0.508 e. The molecule has 0 heterocycles. The number of aromatic hydroxyl groups is 1. The zero-order chi connectivity index (χ0) is 13.0. The first-order valence-electron chi connectivity index (χ1n) is 5.44. The third kappa shape index (κ3) is 3.40. The Labute approximate surface area is 119 Å². The van der Waals surface area contributed by atoms with E-state index in [0.29, 0.717) is 12.5 Å². The van der Waals surface area contributed by atoms with Gasteiger partial charge in [-0.25, -0.2) is 0 Å². The van der Waals surface area contributed by atoms with E-state index in [1.54, 1.807) is 12.1 Å². The van der Waals surface area contributed by atoms with Gasteiger partial charge in [0.1, 0.15) is 18.1 Å². The summed E-state index contributed by atoms with van der Waals surface area (Å²) < 4.78 is 6.65. The Hall–Kier alpha value is -1.19. The van der Waals surface area contributed by atoms with Crippen molar-refractivity contribution in [2.24, 2.45) is 0 Å². The maximum atomic E-state index is 9.18. The molecule has 2 aromatic carbocycles. The lowest BCUT2D eigenvalue weighted by Gasteiger charge is -2.08. The van der Waals surface area contributed by atoms with E-state index in [0.717, 1.165) is 21.3 Å². The van der Waals surface area contributed by atoms with Gasteiger partial charge >= 0.3 is 0 Å². The Morgan fingerprint density at radius 2 is 1.83 bits per heavy atom. The lowest BCUT2D eigenvalue weighted by atomic mass is 10.2. The number of phenols is 1. The molecule has 0 aromatic heterocycles. The molecule has 0 atom stereocenters. The summed E-state index contributed by atoms with van der Waals surface area (Å²) in [6, 6.07) is 12.7. The maximum absolute atomic E-state index is 9.18. The quantitative estimate of drug-likeness (QED) is 0.839. The zero-order valence-corrected chi connectivity index (χ0v) is 11.9. The van der Waals surface area contributed by atoms with Crippen LogP contribution in [-0.2, 0) is 12.5 Å². The number of ether oxygens (including phenoxy) is 1. The van der Waals surface area contributed by atoms with E-state index in [1.165, 1.54) is 0 Å². The van der Waals surface area contributed by atoms with Crippen molar-refractivity contribution in [3.8, 4) is 11.5 Å². The molecule has 0 fully saturated rings. The highest BCUT2D eigenvalue weighted by Crippen LogP contribution is 2.24. The van der Waals surface area contributed by atoms with Crippen LogP contribution < -0.4 is 4.74 Å². The van der Waals surface area contributed by atoms with E-state index < -0.39 is 0 Å². The Bertz CT molecular complexity index is 526. The highest BCUT2D eigenvalue weighted by Gasteiger charge is 2.02. The van der Waals surface area contributed by atoms with Crippen LogP contribution in [0, 0.1) is 0 Å². The lowest BCUT2D eigenvalue weighted by molar-refractivity contribution is 0.306. The van der Waals surface area contributed by atoms with Crippen LogP contribution in [0.2, 0.25) is 0 Å². The molecular formula is C14H12BrClO2. The van der Waals surface area contributed by atoms with Crippen molar-refractivity contribution in [1.29, 1.82) is 0 Å². The summed E-state index contributed by atoms with van der Waals surface area (Å²) in [5, 5.41) is 9.18. The molecule has 0 aliphatic carbocycles. The fourth-order valence-electron chi connectivity index (χ4n) is 1.50. The summed E-state index contributed by atoms with van der Waals surface area (Å²) in [4.78, 5) is 0. The second kappa shape index (κ2) is 6.12. The number of halogens is 2. The van der Waals surface area contributed by atoms with Gasteiger partial charge in [-0.15, -0.1) is 11.6 Å². The van der Waals surface area contributed by atoms with E-state index in [2.05, 4.69) is 15.9 Å². The zero-order valence-electron chi connectivity index (χ0n) is 9.57. The van der Waals surface area contributed by atoms with Crippen LogP contribution in [0.4, 0.5) is 0 Å². The highest BCUT2D eigenvalue weighted by molar-refractivity contribution is 9.10. The minimum atomic E-state index is 0.256. The van der Waals surface area contributed by atoms with Crippen molar-refractivity contribution in [3.05, 3.63) is 58.1 Å². The molecule has 0 saturated carbocycles. The van der Waals surface area contributed by atoms with Crippen molar-refractivity contribution in [2.45, 2.75) is 12.5 Å². The maximum Gasteiger partial charge on any atom is 0.120 e. The summed E-state index contributed by atoms with van der Waals surface area (Å²) in [7, 11) is 0. The summed E-state index contributed by atoms with van der Waals surface area (Å²) in [5.41, 5.74) is 2.00. The van der Waals surface area contributed by atoms with Gasteiger partial charge in [-0.2, -0.15) is 0 Å². The van der Waals surface area contributed by atoms with E-state index in [1.807, 2.05) is 30.3 Å². The fraction of sp³-hybridized carbons (Fsp3) is 0.143. The molecule has 0 unspecified atom stereocenters. The molecule has 0 aliphatic rings. The Morgan fingerprint density at radius 3 is 2.50 bits per heavy atom. The van der Waals surface area contributed by atoms with E-state index in [-0.39, 0.29) is 5.75 Å². The number of alkyl halides is 1. The van der Waals surface area contributed by atoms with Gasteiger partial charge < -0.3 is 9.84 Å². The molecule has 4 heteroatoms. The first-order chi connectivity index (χ1) is 8.69. The molecule has 1 N–H and O–H groups in total. The number of benzene rings is 2. The lowest BCUT2D eigenvalue weighted by Crippen LogP contribution is -1.95. The number of hydrogen-bond acceptors (Lipinski definition) is 2. The molecule has 0 bridgehead atoms. The second-order valence-corrected chi connectivity index (χ2v) is 4.96. The molecule has 0 radical (unpaired) electrons. The van der Waals surface area contributed by atoms with Crippen LogP contribution in [0.25, 0.3) is 0 Å². The van der Waals surface area contributed by atoms with Crippen LogP contribution >= 0.6 is 27.5 Å². The average Bonchev–Trinajstić information content (AvgIpc) is 2.39. The van der Waals surface area contributed by atoms with Crippen molar-refractivity contribution in [2.75, 3.05) is 0 Å². The summed E-state index contributed by atoms with van der Waals surface area (Å²) in [5.74, 6) is 1.48. The monoisotopic (exact) mass is 326 g/mol. The van der Waals surface area contributed by atoms with Crippen LogP contribution in [0.5, 0.6) is 11.5 Å². The predicted molar refractivity (Wildman–Crippen MR) is 76.1 cm³/mol. The topological polar surface area (TPSA) is 29.5 Å². The minimum Gasteiger partial charge on any atom is -0.508 e. The first kappa shape index (κ1) is 13.2. The van der Waals surface area contributed by atoms with Crippen molar-refractivity contribution in [3.63, 3.8) is 0 Å². The van der Waals surface area contributed by atoms with E-state index in [4.69, 9.17) is 16.3 Å². The first-order valence-corrected chi connectivity index (χ1v) is 6.77. The average molecular weight is 328 g/mol. The Kier molecular flexibility index (Phi) is 4.50. The molecule has 2 aromatic rings. The van der Waals surface area contributed by atoms with E-state index >= 15 is 0 Å². The van der Waals surface area contributed by atoms with Gasteiger partial charge in [-0.3, -0.25) is 0 Å². The normalized spacial score (nSPS) is 10.3. The third-order valence-electron chi connectivity index (χ3n) is 2.50. The summed E-state index contributed by atoms with van der Waals surface area (Å²) >= 11 is 9.25. The van der Waals surface area contributed by atoms with Crippen molar-refractivity contribution < 1.29 is 9.84 Å². The molecule has 2 rings (SSSR count). The van der Waals surface area contributed by atoms with Crippen LogP contribution in [0.3, 0.4) is 0 Å². The standard InChI is InChI=1S/C14H12BrClO2/c15-14-6-5-13(7-11(14)8-16)18-9-10-1-3-12(17)4-2-10/h1-7,17H,8-9H2. The summed E-state index contributed by atoms with van der Waals surface area (Å²) in [6.45, 7) is 0.462. The smallest absolute Gasteiger partial charge is 0.120 e. The molecule has 0 amide bonds. The summed E-state index contributed by atoms with van der Waals surface area (Å²) in [6.07, 6.45) is 0. The SMILES string of the molecule is Oc1ccc(COc2ccc(Br)c(CCl)c2)cc1. The highest BCUT2D eigenvalue weighted by atomic mass is 79.9. The Morgan fingerprint density at radius 1 is 1.11 bits per heavy atom. The van der Waals surface area contributed by atoms with Gasteiger partial charge in [0.25, 0.3) is 0 Å². The number of rotatable bonds is 4. The molecule has 0 saturated heterocycles. The van der Waals surface area contributed by atoms with Crippen LogP contribution in [-0.4, -0.2) is 5.11 Å². The van der Waals surface area contributed by atoms with Gasteiger partial charge in [0, 0.05) is 10.4 Å². The van der Waals surface area contributed by atoms with Gasteiger partial charge in [-0.05, 0) is 41.5 Å². The van der Waals surface area contributed by atoms with Gasteiger partial charge in [0.15, 0.2) is 0 Å². The Balaban J connectivity index is 2.04. The third-order valence-corrected chi connectivity index (χ3v) is 3.56. The molecule has 0 spiro atoms. The van der Waals surface area contributed by atoms with Crippen molar-refractivity contribution in [1.82, 2.24) is 0 Å². The van der Waals surface area contributed by atoms with Gasteiger partial charge in [0.2, 0.25) is 0 Å². The van der Waals surface area contributed by atoms with E-state index in [9.17, 15) is 5.11 Å². The molecule has 94 valence electrons. The molecular weight excluding hydrogens is 316 g/mol. The van der Waals surface area contributed by atoms with Crippen LogP contribution in [0.1, 0.15) is 11.1 Å². The fourth-order valence-corrected chi connectivity index (χ4v) is 2.27. The molecule has 2 nitrogen and oxygen atoms in total.